The van der Waals surface area contributed by atoms with Crippen molar-refractivity contribution in [3.63, 3.8) is 0 Å². The molecule has 0 atom stereocenters. The van der Waals surface area contributed by atoms with E-state index in [0.29, 0.717) is 13.1 Å². The fourth-order valence-corrected chi connectivity index (χ4v) is 2.06. The minimum absolute atomic E-state index is 0.0196. The maximum absolute atomic E-state index is 11.6. The number of rotatable bonds is 8. The first-order valence-corrected chi connectivity index (χ1v) is 7.58. The average Bonchev–Trinajstić information content (AvgIpc) is 2.46. The van der Waals surface area contributed by atoms with Gasteiger partial charge in [-0.25, -0.2) is 0 Å². The van der Waals surface area contributed by atoms with Gasteiger partial charge in [0.25, 0.3) is 0 Å². The standard InChI is InChI=1S/C17H26N2O2/c1-14(2)17(21)18-11-13-19(15(3)20)12-7-10-16-8-5-4-6-9-16/h4-6,8-9,14H,7,10-13H2,1-3H3,(H,18,21). The van der Waals surface area contributed by atoms with Crippen molar-refractivity contribution in [1.82, 2.24) is 10.2 Å². The third-order valence-electron chi connectivity index (χ3n) is 3.39. The first-order chi connectivity index (χ1) is 10.0. The van der Waals surface area contributed by atoms with E-state index in [2.05, 4.69) is 17.4 Å². The summed E-state index contributed by atoms with van der Waals surface area (Å²) in [5.41, 5.74) is 1.29. The number of hydrogen-bond acceptors (Lipinski definition) is 2. The third-order valence-corrected chi connectivity index (χ3v) is 3.39. The highest BCUT2D eigenvalue weighted by Crippen LogP contribution is 2.03. The van der Waals surface area contributed by atoms with Crippen molar-refractivity contribution in [3.05, 3.63) is 35.9 Å². The second-order valence-electron chi connectivity index (χ2n) is 5.54. The maximum atomic E-state index is 11.6. The van der Waals surface area contributed by atoms with Gasteiger partial charge in [-0.1, -0.05) is 44.2 Å². The molecular formula is C17H26N2O2. The molecule has 0 unspecified atom stereocenters. The number of benzene rings is 1. The van der Waals surface area contributed by atoms with Gasteiger partial charge in [0.05, 0.1) is 0 Å². The van der Waals surface area contributed by atoms with Gasteiger partial charge in [-0.3, -0.25) is 9.59 Å². The van der Waals surface area contributed by atoms with E-state index in [0.717, 1.165) is 19.4 Å². The summed E-state index contributed by atoms with van der Waals surface area (Å²) >= 11 is 0. The topological polar surface area (TPSA) is 49.4 Å². The molecule has 1 aromatic carbocycles. The molecule has 0 aliphatic rings. The van der Waals surface area contributed by atoms with Crippen LogP contribution >= 0.6 is 0 Å². The quantitative estimate of drug-likeness (QED) is 0.798. The number of carbonyl (C=O) groups is 2. The summed E-state index contributed by atoms with van der Waals surface area (Å²) in [4.78, 5) is 24.9. The second-order valence-corrected chi connectivity index (χ2v) is 5.54. The molecule has 1 N–H and O–H groups in total. The van der Waals surface area contributed by atoms with Gasteiger partial charge >= 0.3 is 0 Å². The van der Waals surface area contributed by atoms with Crippen LogP contribution in [0.2, 0.25) is 0 Å². The molecule has 116 valence electrons. The zero-order valence-corrected chi connectivity index (χ0v) is 13.3. The van der Waals surface area contributed by atoms with Crippen LogP contribution < -0.4 is 5.32 Å². The van der Waals surface area contributed by atoms with E-state index in [-0.39, 0.29) is 17.7 Å². The Bertz CT molecular complexity index is 443. The van der Waals surface area contributed by atoms with Crippen molar-refractivity contribution < 1.29 is 9.59 Å². The Hall–Kier alpha value is -1.84. The molecule has 1 rings (SSSR count). The van der Waals surface area contributed by atoms with Crippen molar-refractivity contribution in [2.24, 2.45) is 5.92 Å². The molecule has 0 fully saturated rings. The summed E-state index contributed by atoms with van der Waals surface area (Å²) in [6.45, 7) is 7.11. The van der Waals surface area contributed by atoms with Crippen molar-refractivity contribution in [2.75, 3.05) is 19.6 Å². The molecule has 0 aromatic heterocycles. The van der Waals surface area contributed by atoms with Crippen molar-refractivity contribution in [2.45, 2.75) is 33.6 Å². The zero-order valence-electron chi connectivity index (χ0n) is 13.3. The largest absolute Gasteiger partial charge is 0.354 e. The van der Waals surface area contributed by atoms with Crippen LogP contribution in [0.3, 0.4) is 0 Å². The van der Waals surface area contributed by atoms with Crippen molar-refractivity contribution in [1.29, 1.82) is 0 Å². The minimum atomic E-state index is -0.0196. The molecule has 0 heterocycles. The van der Waals surface area contributed by atoms with E-state index < -0.39 is 0 Å². The Kier molecular flexibility index (Phi) is 7.51. The number of hydrogen-bond donors (Lipinski definition) is 1. The SMILES string of the molecule is CC(=O)N(CCCc1ccccc1)CCNC(=O)C(C)C. The van der Waals surface area contributed by atoms with Crippen LogP contribution in [-0.2, 0) is 16.0 Å². The Labute approximate surface area is 127 Å². The van der Waals surface area contributed by atoms with E-state index in [4.69, 9.17) is 0 Å². The number of carbonyl (C=O) groups excluding carboxylic acids is 2. The Morgan fingerprint density at radius 1 is 1.14 bits per heavy atom. The molecule has 4 heteroatoms. The Morgan fingerprint density at radius 2 is 1.81 bits per heavy atom. The molecule has 0 radical (unpaired) electrons. The van der Waals surface area contributed by atoms with Crippen LogP contribution in [0.4, 0.5) is 0 Å². The van der Waals surface area contributed by atoms with Crippen LogP contribution in [0, 0.1) is 5.92 Å². The molecule has 0 saturated heterocycles. The maximum Gasteiger partial charge on any atom is 0.222 e. The fraction of sp³-hybridized carbons (Fsp3) is 0.529. The highest BCUT2D eigenvalue weighted by molar-refractivity contribution is 5.78. The summed E-state index contributed by atoms with van der Waals surface area (Å²) in [7, 11) is 0. The Balaban J connectivity index is 2.30. The molecule has 1 aromatic rings. The van der Waals surface area contributed by atoms with Gasteiger partial charge in [0, 0.05) is 32.5 Å². The van der Waals surface area contributed by atoms with Crippen LogP contribution in [0.15, 0.2) is 30.3 Å². The summed E-state index contributed by atoms with van der Waals surface area (Å²) in [6.07, 6.45) is 1.89. The lowest BCUT2D eigenvalue weighted by atomic mass is 10.1. The van der Waals surface area contributed by atoms with Crippen LogP contribution in [0.25, 0.3) is 0 Å². The minimum Gasteiger partial charge on any atom is -0.354 e. The monoisotopic (exact) mass is 290 g/mol. The smallest absolute Gasteiger partial charge is 0.222 e. The number of aryl methyl sites for hydroxylation is 1. The van der Waals surface area contributed by atoms with Gasteiger partial charge in [0.2, 0.25) is 11.8 Å². The van der Waals surface area contributed by atoms with Gasteiger partial charge < -0.3 is 10.2 Å². The Morgan fingerprint density at radius 3 is 2.38 bits per heavy atom. The van der Waals surface area contributed by atoms with Crippen molar-refractivity contribution >= 4 is 11.8 Å². The first-order valence-electron chi connectivity index (χ1n) is 7.58. The molecular weight excluding hydrogens is 264 g/mol. The number of amides is 2. The van der Waals surface area contributed by atoms with E-state index in [1.165, 1.54) is 5.56 Å². The molecule has 0 saturated carbocycles. The van der Waals surface area contributed by atoms with Gasteiger partial charge in [-0.15, -0.1) is 0 Å². The summed E-state index contributed by atoms with van der Waals surface area (Å²) in [5.74, 6) is 0.0681. The molecule has 21 heavy (non-hydrogen) atoms. The molecule has 0 bridgehead atoms. The first kappa shape index (κ1) is 17.2. The predicted molar refractivity (Wildman–Crippen MR) is 84.9 cm³/mol. The van der Waals surface area contributed by atoms with Crippen molar-refractivity contribution in [3.8, 4) is 0 Å². The van der Waals surface area contributed by atoms with Crippen LogP contribution in [0.1, 0.15) is 32.8 Å². The molecule has 0 aliphatic carbocycles. The van der Waals surface area contributed by atoms with E-state index in [1.54, 1.807) is 11.8 Å². The summed E-state index contributed by atoms with van der Waals surface area (Å²) < 4.78 is 0. The lowest BCUT2D eigenvalue weighted by molar-refractivity contribution is -0.130. The lowest BCUT2D eigenvalue weighted by Gasteiger charge is -2.21. The van der Waals surface area contributed by atoms with Crippen LogP contribution in [-0.4, -0.2) is 36.3 Å². The van der Waals surface area contributed by atoms with E-state index >= 15 is 0 Å². The number of nitrogens with zero attached hydrogens (tertiary/aromatic N) is 1. The zero-order chi connectivity index (χ0) is 15.7. The van der Waals surface area contributed by atoms with Gasteiger partial charge in [0.1, 0.15) is 0 Å². The van der Waals surface area contributed by atoms with Gasteiger partial charge in [-0.2, -0.15) is 0 Å². The number of nitrogens with one attached hydrogen (secondary N) is 1. The fourth-order valence-electron chi connectivity index (χ4n) is 2.06. The highest BCUT2D eigenvalue weighted by Gasteiger charge is 2.10. The normalized spacial score (nSPS) is 10.5. The summed E-state index contributed by atoms with van der Waals surface area (Å²) in [6, 6.07) is 10.3. The van der Waals surface area contributed by atoms with Gasteiger partial charge in [-0.05, 0) is 18.4 Å². The van der Waals surface area contributed by atoms with E-state index in [1.807, 2.05) is 32.0 Å². The highest BCUT2D eigenvalue weighted by atomic mass is 16.2. The van der Waals surface area contributed by atoms with Gasteiger partial charge in [0.15, 0.2) is 0 Å². The summed E-state index contributed by atoms with van der Waals surface area (Å²) in [5, 5.41) is 2.84. The van der Waals surface area contributed by atoms with E-state index in [9.17, 15) is 9.59 Å². The lowest BCUT2D eigenvalue weighted by Crippen LogP contribution is -2.39. The van der Waals surface area contributed by atoms with Crippen LogP contribution in [0.5, 0.6) is 0 Å². The third kappa shape index (κ3) is 6.93. The molecule has 0 spiro atoms. The average molecular weight is 290 g/mol. The molecule has 2 amide bonds. The molecule has 4 nitrogen and oxygen atoms in total. The second kappa shape index (κ2) is 9.16. The molecule has 0 aliphatic heterocycles. The predicted octanol–water partition coefficient (Wildman–Crippen LogP) is 2.24.